The number of aromatic amines is 1. The van der Waals surface area contributed by atoms with Crippen molar-refractivity contribution >= 4 is 39.9 Å². The summed E-state index contributed by atoms with van der Waals surface area (Å²) < 4.78 is 13.4. The van der Waals surface area contributed by atoms with Crippen molar-refractivity contribution in [3.05, 3.63) is 125 Å². The molecule has 7 heteroatoms. The van der Waals surface area contributed by atoms with Gasteiger partial charge in [-0.2, -0.15) is 0 Å². The Morgan fingerprint density at radius 2 is 1.95 bits per heavy atom. The number of benzene rings is 3. The fourth-order valence-corrected chi connectivity index (χ4v) is 5.43. The van der Waals surface area contributed by atoms with E-state index in [9.17, 15) is 14.3 Å². The largest absolute Gasteiger partial charge is 0.508 e. The second-order valence-corrected chi connectivity index (χ2v) is 10.2. The number of fused-ring (bicyclic) bond motifs is 1. The lowest BCUT2D eigenvalue weighted by atomic mass is 9.81. The maximum Gasteiger partial charge on any atom is 0.251 e. The second kappa shape index (κ2) is 11.3. The van der Waals surface area contributed by atoms with Crippen LogP contribution in [0, 0.1) is 5.82 Å². The Morgan fingerprint density at radius 3 is 2.67 bits per heavy atom. The molecule has 3 aromatic carbocycles. The van der Waals surface area contributed by atoms with Gasteiger partial charge in [0, 0.05) is 22.6 Å². The van der Waals surface area contributed by atoms with Crippen LogP contribution in [-0.2, 0) is 0 Å². The van der Waals surface area contributed by atoms with Crippen molar-refractivity contribution in [2.75, 3.05) is 0 Å². The zero-order valence-electron chi connectivity index (χ0n) is 21.5. The number of amides is 1. The number of rotatable bonds is 8. The summed E-state index contributed by atoms with van der Waals surface area (Å²) in [4.78, 5) is 21.5. The molecule has 1 heterocycles. The van der Waals surface area contributed by atoms with Crippen molar-refractivity contribution in [1.29, 1.82) is 0 Å². The number of carbonyl (C=O) groups is 1. The van der Waals surface area contributed by atoms with Gasteiger partial charge in [-0.1, -0.05) is 68.5 Å². The Labute approximate surface area is 231 Å². The number of imidazole rings is 1. The number of hydrogen-bond acceptors (Lipinski definition) is 3. The SMILES string of the molecule is C=C(O)c1cc(C(=O)NC(CCC)c2ccc(F)cc2)ccc1C1C(c2nc3ccccc3[nH]2)=CC=C[C@@H]1Cl. The van der Waals surface area contributed by atoms with Gasteiger partial charge in [0.05, 0.1) is 22.5 Å². The highest BCUT2D eigenvalue weighted by Gasteiger charge is 2.31. The predicted octanol–water partition coefficient (Wildman–Crippen LogP) is 7.85. The second-order valence-electron chi connectivity index (χ2n) is 9.65. The number of nitrogens with one attached hydrogen (secondary N) is 2. The topological polar surface area (TPSA) is 78.0 Å². The predicted molar refractivity (Wildman–Crippen MR) is 155 cm³/mol. The molecule has 0 fully saturated rings. The number of halogens is 2. The average molecular weight is 542 g/mol. The molecule has 1 aromatic heterocycles. The minimum atomic E-state index is -0.414. The summed E-state index contributed by atoms with van der Waals surface area (Å²) in [5.74, 6) is -0.445. The van der Waals surface area contributed by atoms with Gasteiger partial charge in [-0.05, 0) is 53.9 Å². The number of H-pyrrole nitrogens is 1. The molecule has 39 heavy (non-hydrogen) atoms. The van der Waals surface area contributed by atoms with E-state index in [4.69, 9.17) is 16.6 Å². The molecule has 0 saturated heterocycles. The van der Waals surface area contributed by atoms with Gasteiger partial charge in [0.2, 0.25) is 0 Å². The lowest BCUT2D eigenvalue weighted by molar-refractivity contribution is 0.0934. The summed E-state index contributed by atoms with van der Waals surface area (Å²) in [6.07, 6.45) is 7.28. The van der Waals surface area contributed by atoms with Crippen LogP contribution in [0.1, 0.15) is 64.6 Å². The van der Waals surface area contributed by atoms with E-state index in [-0.39, 0.29) is 29.4 Å². The van der Waals surface area contributed by atoms with Crippen LogP contribution in [0.5, 0.6) is 0 Å². The molecule has 0 spiro atoms. The van der Waals surface area contributed by atoms with Crippen LogP contribution in [0.3, 0.4) is 0 Å². The third-order valence-electron chi connectivity index (χ3n) is 7.00. The summed E-state index contributed by atoms with van der Waals surface area (Å²) in [7, 11) is 0. The molecule has 198 valence electrons. The van der Waals surface area contributed by atoms with Gasteiger partial charge >= 0.3 is 0 Å². The number of allylic oxidation sites excluding steroid dienone is 4. The zero-order valence-corrected chi connectivity index (χ0v) is 22.3. The lowest BCUT2D eigenvalue weighted by Gasteiger charge is -2.27. The minimum Gasteiger partial charge on any atom is -0.508 e. The van der Waals surface area contributed by atoms with Gasteiger partial charge in [0.25, 0.3) is 5.91 Å². The first-order valence-corrected chi connectivity index (χ1v) is 13.4. The Hall–Kier alpha value is -4.16. The molecule has 2 unspecified atom stereocenters. The molecule has 3 atom stereocenters. The first-order chi connectivity index (χ1) is 18.9. The van der Waals surface area contributed by atoms with Gasteiger partial charge in [0.1, 0.15) is 17.4 Å². The van der Waals surface area contributed by atoms with Crippen LogP contribution in [0.15, 0.2) is 91.5 Å². The van der Waals surface area contributed by atoms with Crippen molar-refractivity contribution in [2.24, 2.45) is 0 Å². The van der Waals surface area contributed by atoms with E-state index in [1.807, 2.05) is 55.5 Å². The Bertz CT molecular complexity index is 1560. The Balaban J connectivity index is 1.48. The number of para-hydroxylation sites is 2. The Kier molecular flexibility index (Phi) is 7.66. The van der Waals surface area contributed by atoms with Crippen LogP contribution in [0.2, 0.25) is 0 Å². The first kappa shape index (κ1) is 26.4. The molecule has 1 amide bonds. The van der Waals surface area contributed by atoms with Crippen LogP contribution in [-0.4, -0.2) is 26.4 Å². The normalized spacial score (nSPS) is 17.6. The Morgan fingerprint density at radius 1 is 1.18 bits per heavy atom. The molecule has 3 N–H and O–H groups in total. The fraction of sp³-hybridized carbons (Fsp3) is 0.188. The molecule has 0 bridgehead atoms. The van der Waals surface area contributed by atoms with Gasteiger partial charge in [-0.3, -0.25) is 4.79 Å². The molecule has 5 rings (SSSR count). The summed E-state index contributed by atoms with van der Waals surface area (Å²) in [6, 6.07) is 18.8. The molecule has 4 aromatic rings. The van der Waals surface area contributed by atoms with E-state index in [1.165, 1.54) is 12.1 Å². The molecule has 1 aliphatic carbocycles. The molecular formula is C32H29ClFN3O2. The maximum absolute atomic E-state index is 13.4. The number of aromatic nitrogens is 2. The van der Waals surface area contributed by atoms with Crippen LogP contribution in [0.25, 0.3) is 22.4 Å². The summed E-state index contributed by atoms with van der Waals surface area (Å²) in [5, 5.41) is 13.2. The van der Waals surface area contributed by atoms with Crippen LogP contribution >= 0.6 is 11.6 Å². The van der Waals surface area contributed by atoms with E-state index < -0.39 is 5.38 Å². The van der Waals surface area contributed by atoms with Gasteiger partial charge < -0.3 is 15.4 Å². The van der Waals surface area contributed by atoms with Gasteiger partial charge in [-0.25, -0.2) is 9.37 Å². The number of nitrogens with zero attached hydrogens (tertiary/aromatic N) is 1. The van der Waals surface area contributed by atoms with E-state index >= 15 is 0 Å². The first-order valence-electron chi connectivity index (χ1n) is 12.9. The summed E-state index contributed by atoms with van der Waals surface area (Å²) in [6.45, 7) is 5.80. The highest BCUT2D eigenvalue weighted by atomic mass is 35.5. The molecule has 0 radical (unpaired) electrons. The third-order valence-corrected chi connectivity index (χ3v) is 7.40. The van der Waals surface area contributed by atoms with Gasteiger partial charge in [-0.15, -0.1) is 11.6 Å². The molecule has 0 saturated carbocycles. The van der Waals surface area contributed by atoms with Crippen molar-refractivity contribution in [2.45, 2.75) is 37.1 Å². The molecular weight excluding hydrogens is 513 g/mol. The van der Waals surface area contributed by atoms with E-state index in [0.717, 1.165) is 34.2 Å². The van der Waals surface area contributed by atoms with Crippen molar-refractivity contribution in [3.8, 4) is 0 Å². The standard InChI is InChI=1S/C32H29ClFN3O2/c1-3-7-27(20-12-15-22(34)16-13-20)37-32(39)21-14-17-23(25(18-21)19(2)38)30-24(8-6-9-26(30)33)31-35-28-10-4-5-11-29(28)36-31/h4-6,8-18,26-27,30,38H,2-3,7H2,1H3,(H,35,36)(H,37,39)/t26-,27?,30?/m0/s1. The zero-order chi connectivity index (χ0) is 27.5. The highest BCUT2D eigenvalue weighted by Crippen LogP contribution is 2.42. The molecule has 0 aliphatic heterocycles. The number of aliphatic hydroxyl groups is 1. The molecule has 5 nitrogen and oxygen atoms in total. The van der Waals surface area contributed by atoms with E-state index in [1.54, 1.807) is 24.3 Å². The highest BCUT2D eigenvalue weighted by molar-refractivity contribution is 6.23. The molecule has 1 aliphatic rings. The van der Waals surface area contributed by atoms with E-state index in [2.05, 4.69) is 16.9 Å². The van der Waals surface area contributed by atoms with Crippen molar-refractivity contribution < 1.29 is 14.3 Å². The lowest BCUT2D eigenvalue weighted by Crippen LogP contribution is -2.29. The summed E-state index contributed by atoms with van der Waals surface area (Å²) in [5.41, 5.74) is 4.99. The maximum atomic E-state index is 13.4. The number of alkyl halides is 1. The van der Waals surface area contributed by atoms with Crippen molar-refractivity contribution in [3.63, 3.8) is 0 Å². The number of carbonyl (C=O) groups excluding carboxylic acids is 1. The van der Waals surface area contributed by atoms with Gasteiger partial charge in [0.15, 0.2) is 0 Å². The number of hydrogen-bond donors (Lipinski definition) is 3. The quantitative estimate of drug-likeness (QED) is 0.157. The summed E-state index contributed by atoms with van der Waals surface area (Å²) >= 11 is 6.84. The average Bonchev–Trinajstić information content (AvgIpc) is 3.37. The van der Waals surface area contributed by atoms with Crippen LogP contribution in [0.4, 0.5) is 4.39 Å². The monoisotopic (exact) mass is 541 g/mol. The third kappa shape index (κ3) is 5.52. The number of aliphatic hydroxyl groups excluding tert-OH is 1. The smallest absolute Gasteiger partial charge is 0.251 e. The van der Waals surface area contributed by atoms with Crippen molar-refractivity contribution in [1.82, 2.24) is 15.3 Å². The minimum absolute atomic E-state index is 0.161. The van der Waals surface area contributed by atoms with Crippen LogP contribution < -0.4 is 5.32 Å². The fourth-order valence-electron chi connectivity index (χ4n) is 5.07. The van der Waals surface area contributed by atoms with E-state index in [0.29, 0.717) is 23.4 Å².